The van der Waals surface area contributed by atoms with Crippen molar-refractivity contribution in [3.63, 3.8) is 0 Å². The molecule has 1 aliphatic rings. The number of urea groups is 1. The second-order valence-corrected chi connectivity index (χ2v) is 11.9. The fraction of sp³-hybridized carbons (Fsp3) is 0.344. The summed E-state index contributed by atoms with van der Waals surface area (Å²) in [6.07, 6.45) is -4.55. The molecule has 1 unspecified atom stereocenters. The fourth-order valence-corrected chi connectivity index (χ4v) is 5.85. The lowest BCUT2D eigenvalue weighted by Crippen LogP contribution is -2.54. The number of hydrogen-bond donors (Lipinski definition) is 4. The van der Waals surface area contributed by atoms with E-state index in [1.165, 1.54) is 11.0 Å². The van der Waals surface area contributed by atoms with Gasteiger partial charge in [0.1, 0.15) is 6.04 Å². The number of carbonyl (C=O) groups excluding carboxylic acids is 3. The molecular weight excluding hydrogens is 591 g/mol. The van der Waals surface area contributed by atoms with Gasteiger partial charge in [0, 0.05) is 23.7 Å². The maximum Gasteiger partial charge on any atom is 0.416 e. The molecule has 0 saturated heterocycles. The molecule has 3 aromatic rings. The van der Waals surface area contributed by atoms with Gasteiger partial charge in [0.05, 0.1) is 23.8 Å². The summed E-state index contributed by atoms with van der Waals surface area (Å²) in [5.74, 6) is -1.05. The number of alkyl halides is 3. The molecule has 0 radical (unpaired) electrons. The number of nitrogens with zero attached hydrogens (tertiary/aromatic N) is 1. The highest BCUT2D eigenvalue weighted by Gasteiger charge is 2.36. The van der Waals surface area contributed by atoms with Gasteiger partial charge in [0.2, 0.25) is 5.91 Å². The van der Waals surface area contributed by atoms with Crippen molar-refractivity contribution in [2.45, 2.75) is 57.0 Å². The van der Waals surface area contributed by atoms with Crippen LogP contribution in [-0.2, 0) is 28.9 Å². The number of amides is 4. The van der Waals surface area contributed by atoms with Crippen molar-refractivity contribution in [1.82, 2.24) is 16.0 Å². The number of nitrogens with one attached hydrogen (secondary N) is 3. The quantitative estimate of drug-likeness (QED) is 0.257. The first kappa shape index (κ1) is 32.9. The van der Waals surface area contributed by atoms with E-state index >= 15 is 0 Å². The van der Waals surface area contributed by atoms with Crippen LogP contribution in [0, 0.1) is 5.92 Å². The lowest BCUT2D eigenvalue weighted by atomic mass is 9.98. The normalized spacial score (nSPS) is 15.8. The van der Waals surface area contributed by atoms with Gasteiger partial charge in [-0.2, -0.15) is 13.2 Å². The summed E-state index contributed by atoms with van der Waals surface area (Å²) in [5.41, 5.74) is 8.99. The predicted octanol–water partition coefficient (Wildman–Crippen LogP) is 5.30. The lowest BCUT2D eigenvalue weighted by molar-refractivity contribution is -0.137. The average molecular weight is 628 g/mol. The largest absolute Gasteiger partial charge is 0.416 e. The minimum Gasteiger partial charge on any atom is -0.342 e. The Kier molecular flexibility index (Phi) is 10.6. The first-order chi connectivity index (χ1) is 20.9. The Morgan fingerprint density at radius 2 is 1.75 bits per heavy atom. The Labute approximate surface area is 259 Å². The van der Waals surface area contributed by atoms with Crippen molar-refractivity contribution >= 4 is 35.3 Å². The van der Waals surface area contributed by atoms with Crippen molar-refractivity contribution in [1.29, 1.82) is 0 Å². The summed E-state index contributed by atoms with van der Waals surface area (Å²) in [7, 11) is 0. The summed E-state index contributed by atoms with van der Waals surface area (Å²) in [5, 5.41) is 8.25. The van der Waals surface area contributed by atoms with E-state index in [4.69, 9.17) is 5.73 Å². The Morgan fingerprint density at radius 1 is 1.05 bits per heavy atom. The van der Waals surface area contributed by atoms with Gasteiger partial charge in [0.25, 0.3) is 5.91 Å². The fourth-order valence-electron chi connectivity index (χ4n) is 4.74. The number of nitrogens with two attached hydrogens (primary N) is 1. The van der Waals surface area contributed by atoms with E-state index in [-0.39, 0.29) is 24.2 Å². The van der Waals surface area contributed by atoms with E-state index in [1.807, 2.05) is 55.5 Å². The third-order valence-corrected chi connectivity index (χ3v) is 8.42. The van der Waals surface area contributed by atoms with Crippen molar-refractivity contribution in [3.8, 4) is 11.1 Å². The highest BCUT2D eigenvalue weighted by molar-refractivity contribution is 7.99. The Bertz CT molecular complexity index is 1500. The van der Waals surface area contributed by atoms with Crippen molar-refractivity contribution in [3.05, 3.63) is 83.4 Å². The van der Waals surface area contributed by atoms with Gasteiger partial charge in [-0.25, -0.2) is 4.79 Å². The molecule has 0 bridgehead atoms. The molecule has 44 heavy (non-hydrogen) atoms. The highest BCUT2D eigenvalue weighted by Crippen LogP contribution is 2.40. The van der Waals surface area contributed by atoms with Gasteiger partial charge in [-0.05, 0) is 53.3 Å². The molecule has 4 rings (SSSR count). The number of fused-ring (bicyclic) bond motifs is 1. The van der Waals surface area contributed by atoms with Crippen LogP contribution in [0.4, 0.5) is 23.7 Å². The molecule has 0 saturated carbocycles. The summed E-state index contributed by atoms with van der Waals surface area (Å²) < 4.78 is 40.6. The maximum absolute atomic E-state index is 13.8. The average Bonchev–Trinajstić information content (AvgIpc) is 3.12. The van der Waals surface area contributed by atoms with Gasteiger partial charge in [-0.3, -0.25) is 9.59 Å². The van der Waals surface area contributed by atoms with E-state index in [1.54, 1.807) is 13.8 Å². The van der Waals surface area contributed by atoms with Crippen LogP contribution in [-0.4, -0.2) is 42.2 Å². The third kappa shape index (κ3) is 7.92. The summed E-state index contributed by atoms with van der Waals surface area (Å²) in [4.78, 5) is 40.2. The lowest BCUT2D eigenvalue weighted by Gasteiger charge is -2.27. The molecule has 8 nitrogen and oxygen atoms in total. The van der Waals surface area contributed by atoms with Crippen LogP contribution in [0.15, 0.2) is 71.6 Å². The van der Waals surface area contributed by atoms with Gasteiger partial charge in [-0.15, -0.1) is 11.8 Å². The van der Waals surface area contributed by atoms with Gasteiger partial charge in [-0.1, -0.05) is 62.4 Å². The molecular formula is C32H36F3N5O3S. The molecule has 0 spiro atoms. The zero-order chi connectivity index (χ0) is 32.0. The van der Waals surface area contributed by atoms with Crippen LogP contribution in [0.5, 0.6) is 0 Å². The summed E-state index contributed by atoms with van der Waals surface area (Å²) >= 11 is 1.09. The number of halogens is 3. The smallest absolute Gasteiger partial charge is 0.342 e. The predicted molar refractivity (Wildman–Crippen MR) is 166 cm³/mol. The van der Waals surface area contributed by atoms with E-state index in [0.29, 0.717) is 23.7 Å². The van der Waals surface area contributed by atoms with E-state index in [9.17, 15) is 27.6 Å². The van der Waals surface area contributed by atoms with Gasteiger partial charge >= 0.3 is 12.2 Å². The molecule has 1 aliphatic heterocycles. The zero-order valence-electron chi connectivity index (χ0n) is 24.7. The number of rotatable bonds is 9. The molecule has 1 heterocycles. The van der Waals surface area contributed by atoms with Gasteiger partial charge in [0.15, 0.2) is 0 Å². The number of carbonyl (C=O) groups is 3. The van der Waals surface area contributed by atoms with Crippen LogP contribution < -0.4 is 26.6 Å². The second-order valence-electron chi connectivity index (χ2n) is 10.8. The molecule has 4 amide bonds. The zero-order valence-corrected chi connectivity index (χ0v) is 25.5. The molecule has 0 aromatic heterocycles. The molecule has 12 heteroatoms. The van der Waals surface area contributed by atoms with Crippen LogP contribution >= 0.6 is 11.8 Å². The Morgan fingerprint density at radius 3 is 2.41 bits per heavy atom. The van der Waals surface area contributed by atoms with E-state index < -0.39 is 35.6 Å². The van der Waals surface area contributed by atoms with Crippen LogP contribution in [0.1, 0.15) is 37.5 Å². The van der Waals surface area contributed by atoms with Crippen molar-refractivity contribution in [2.75, 3.05) is 17.2 Å². The highest BCUT2D eigenvalue weighted by atomic mass is 32.2. The van der Waals surface area contributed by atoms with Crippen LogP contribution in [0.25, 0.3) is 11.1 Å². The minimum atomic E-state index is -4.55. The molecule has 234 valence electrons. The number of thioether (sulfide) groups is 1. The Balaban J connectivity index is 1.62. The minimum absolute atomic E-state index is 0.0558. The standard InChI is InChI=1S/C32H36F3N5O3S/c1-4-37-31(43)38-16-22-7-5-6-8-24(22)21-11-9-20(10-12-21)17-40-26-14-13-23(32(33,34)35)15-27(26)44-18-25(30(40)42)39-29(41)28(36)19(2)3/h5-15,19,25,28H,4,16-18,36H2,1-3H3,(H,39,41)(H2,37,38,43)/t25-,28?/m1/s1. The topological polar surface area (TPSA) is 117 Å². The summed E-state index contributed by atoms with van der Waals surface area (Å²) in [6.45, 7) is 6.33. The SMILES string of the molecule is CCNC(=O)NCc1ccccc1-c1ccc(CN2C(=O)[C@H](NC(=O)C(N)C(C)C)CSc3cc(C(F)(F)F)ccc32)cc1. The first-order valence-electron chi connectivity index (χ1n) is 14.3. The monoisotopic (exact) mass is 627 g/mol. The van der Waals surface area contributed by atoms with E-state index in [2.05, 4.69) is 16.0 Å². The van der Waals surface area contributed by atoms with Crippen LogP contribution in [0.3, 0.4) is 0 Å². The first-order valence-corrected chi connectivity index (χ1v) is 15.3. The van der Waals surface area contributed by atoms with Crippen LogP contribution in [0.2, 0.25) is 0 Å². The third-order valence-electron chi connectivity index (χ3n) is 7.28. The van der Waals surface area contributed by atoms with Gasteiger partial charge < -0.3 is 26.6 Å². The van der Waals surface area contributed by atoms with E-state index in [0.717, 1.165) is 46.1 Å². The second kappa shape index (κ2) is 14.2. The number of anilines is 1. The molecule has 3 aromatic carbocycles. The Hall–Kier alpha value is -4.03. The number of hydrogen-bond acceptors (Lipinski definition) is 5. The van der Waals surface area contributed by atoms with Crippen molar-refractivity contribution in [2.24, 2.45) is 11.7 Å². The summed E-state index contributed by atoms with van der Waals surface area (Å²) in [6, 6.07) is 16.4. The van der Waals surface area contributed by atoms with Crippen molar-refractivity contribution < 1.29 is 27.6 Å². The molecule has 2 atom stereocenters. The molecule has 0 fully saturated rings. The molecule has 5 N–H and O–H groups in total. The maximum atomic E-state index is 13.8. The number of benzene rings is 3. The molecule has 0 aliphatic carbocycles.